The van der Waals surface area contributed by atoms with E-state index < -0.39 is 68.7 Å². The monoisotopic (exact) mass is 692 g/mol. The van der Waals surface area contributed by atoms with Gasteiger partial charge in [0, 0.05) is 49.4 Å². The molecule has 3 aromatic rings. The minimum absolute atomic E-state index is 0.0341. The van der Waals surface area contributed by atoms with E-state index >= 15 is 4.39 Å². The van der Waals surface area contributed by atoms with E-state index in [1.54, 1.807) is 31.7 Å². The zero-order valence-electron chi connectivity index (χ0n) is 25.7. The summed E-state index contributed by atoms with van der Waals surface area (Å²) in [7, 11) is 0. The first-order valence-electron chi connectivity index (χ1n) is 14.6. The molecule has 1 N–H and O–H groups in total. The number of nitrogens with zero attached hydrogens (tertiary/aromatic N) is 6. The van der Waals surface area contributed by atoms with Crippen LogP contribution >= 0.6 is 11.6 Å². The number of benzene rings is 1. The molecule has 4 heterocycles. The number of phenols is 1. The van der Waals surface area contributed by atoms with E-state index in [2.05, 4.69) is 16.6 Å². The lowest BCUT2D eigenvalue weighted by Gasteiger charge is -2.37. The number of halogens is 7. The number of fused-ring (bicyclic) bond motifs is 1. The SMILES string of the molecule is C=CC(=O)N1CCN(c2c(C#N)c(=O)n(C3C(C(C)C)=NC=C[C@H]3C)c3nc(-c4c(O)c(F)c(F)c(C(F)(F)F)c4F)c(Cl)cc23)CC1. The highest BCUT2D eigenvalue weighted by Crippen LogP contribution is 2.46. The fourth-order valence-electron chi connectivity index (χ4n) is 6.12. The smallest absolute Gasteiger partial charge is 0.422 e. The second-order valence-corrected chi connectivity index (χ2v) is 12.0. The van der Waals surface area contributed by atoms with Crippen molar-refractivity contribution in [3.8, 4) is 23.1 Å². The number of allylic oxidation sites excluding steroid dienone is 1. The number of amides is 1. The fraction of sp³-hybridized carbons (Fsp3) is 0.344. The topological polar surface area (TPSA) is 115 Å². The van der Waals surface area contributed by atoms with Gasteiger partial charge in [-0.2, -0.15) is 22.8 Å². The number of anilines is 1. The van der Waals surface area contributed by atoms with Crippen LogP contribution < -0.4 is 10.5 Å². The number of pyridine rings is 2. The fourth-order valence-corrected chi connectivity index (χ4v) is 6.37. The molecule has 0 spiro atoms. The maximum Gasteiger partial charge on any atom is 0.422 e. The van der Waals surface area contributed by atoms with Gasteiger partial charge < -0.3 is 14.9 Å². The minimum Gasteiger partial charge on any atom is -0.504 e. The van der Waals surface area contributed by atoms with Crippen molar-refractivity contribution in [3.63, 3.8) is 0 Å². The number of phenolic OH excluding ortho intramolecular Hbond substituents is 1. The molecule has 2 atom stereocenters. The highest BCUT2D eigenvalue weighted by Gasteiger charge is 2.43. The number of aliphatic imine (C=N–C) groups is 1. The number of carbonyl (C=O) groups excluding carboxylic acids is 1. The van der Waals surface area contributed by atoms with Crippen LogP contribution in [0.3, 0.4) is 0 Å². The number of aromatic hydroxyl groups is 1. The molecular weight excluding hydrogens is 666 g/mol. The first-order chi connectivity index (χ1) is 22.5. The third-order valence-electron chi connectivity index (χ3n) is 8.40. The predicted octanol–water partition coefficient (Wildman–Crippen LogP) is 6.37. The largest absolute Gasteiger partial charge is 0.504 e. The van der Waals surface area contributed by atoms with Crippen LogP contribution in [0.4, 0.5) is 32.0 Å². The van der Waals surface area contributed by atoms with Crippen molar-refractivity contribution < 1.29 is 36.2 Å². The van der Waals surface area contributed by atoms with Gasteiger partial charge in [-0.3, -0.25) is 19.1 Å². The molecule has 252 valence electrons. The molecule has 0 bridgehead atoms. The maximum atomic E-state index is 15.5. The molecule has 0 saturated carbocycles. The summed E-state index contributed by atoms with van der Waals surface area (Å²) < 4.78 is 86.9. The summed E-state index contributed by atoms with van der Waals surface area (Å²) >= 11 is 6.49. The van der Waals surface area contributed by atoms with Crippen LogP contribution in [0, 0.1) is 40.6 Å². The molecule has 1 aromatic carbocycles. The van der Waals surface area contributed by atoms with Crippen molar-refractivity contribution in [2.24, 2.45) is 16.8 Å². The van der Waals surface area contributed by atoms with Crippen LogP contribution in [0.2, 0.25) is 5.02 Å². The Morgan fingerprint density at radius 1 is 1.17 bits per heavy atom. The average molecular weight is 693 g/mol. The van der Waals surface area contributed by atoms with Crippen LogP contribution in [-0.4, -0.2) is 57.4 Å². The third kappa shape index (κ3) is 5.57. The normalized spacial score (nSPS) is 18.3. The second-order valence-electron chi connectivity index (χ2n) is 11.6. The van der Waals surface area contributed by atoms with Crippen molar-refractivity contribution in [2.75, 3.05) is 31.1 Å². The molecule has 9 nitrogen and oxygen atoms in total. The lowest BCUT2D eigenvalue weighted by Crippen LogP contribution is -2.49. The number of hydrogen-bond donors (Lipinski definition) is 1. The molecule has 16 heteroatoms. The summed E-state index contributed by atoms with van der Waals surface area (Å²) in [5.74, 6) is -10.3. The summed E-state index contributed by atoms with van der Waals surface area (Å²) in [4.78, 5) is 38.4. The van der Waals surface area contributed by atoms with Gasteiger partial charge in [0.2, 0.25) is 11.7 Å². The van der Waals surface area contributed by atoms with Crippen molar-refractivity contribution in [1.82, 2.24) is 14.5 Å². The Bertz CT molecular complexity index is 2030. The third-order valence-corrected chi connectivity index (χ3v) is 8.69. The van der Waals surface area contributed by atoms with Gasteiger partial charge in [-0.15, -0.1) is 0 Å². The Morgan fingerprint density at radius 3 is 2.38 bits per heavy atom. The standard InChI is InChI=1S/C32H27ClF6N6O3/c1-5-19(46)43-8-10-44(11-9-43)28-16-12-18(33)26(20-22(34)21(32(37,38)39)23(35)24(36)29(20)47)42-30(16)45(31(48)17(28)13-40)27-15(4)6-7-41-25(27)14(2)3/h5-7,12,14-15,27,47H,1,8-11H2,2-4H3/t15-,27?/m1/s1. The summed E-state index contributed by atoms with van der Waals surface area (Å²) in [5.41, 5.74) is -6.04. The number of hydrogen-bond acceptors (Lipinski definition) is 7. The number of rotatable bonds is 5. The van der Waals surface area contributed by atoms with Crippen LogP contribution in [0.15, 0.2) is 40.8 Å². The number of piperazine rings is 1. The maximum absolute atomic E-state index is 15.5. The molecule has 2 aliphatic heterocycles. The molecule has 5 rings (SSSR count). The molecule has 1 unspecified atom stereocenters. The van der Waals surface area contributed by atoms with Crippen LogP contribution in [0.5, 0.6) is 5.75 Å². The van der Waals surface area contributed by atoms with Gasteiger partial charge in [0.25, 0.3) is 5.56 Å². The lowest BCUT2D eigenvalue weighted by atomic mass is 9.88. The van der Waals surface area contributed by atoms with Crippen LogP contribution in [0.1, 0.15) is 37.9 Å². The molecule has 48 heavy (non-hydrogen) atoms. The van der Waals surface area contributed by atoms with E-state index in [1.165, 1.54) is 11.1 Å². The summed E-state index contributed by atoms with van der Waals surface area (Å²) in [5, 5.41) is 20.2. The second kappa shape index (κ2) is 12.6. The first-order valence-corrected chi connectivity index (χ1v) is 15.0. The molecule has 1 saturated heterocycles. The molecule has 2 aliphatic rings. The highest BCUT2D eigenvalue weighted by molar-refractivity contribution is 6.34. The Labute approximate surface area is 274 Å². The van der Waals surface area contributed by atoms with E-state index in [9.17, 15) is 41.9 Å². The molecular formula is C32H27ClF6N6O3. The number of alkyl halides is 3. The van der Waals surface area contributed by atoms with E-state index in [-0.39, 0.29) is 60.3 Å². The van der Waals surface area contributed by atoms with E-state index in [0.29, 0.717) is 5.71 Å². The van der Waals surface area contributed by atoms with Gasteiger partial charge in [-0.25, -0.2) is 13.8 Å². The Hall–Kier alpha value is -4.84. The quantitative estimate of drug-likeness (QED) is 0.189. The summed E-state index contributed by atoms with van der Waals surface area (Å²) in [6.07, 6.45) is -1.36. The predicted molar refractivity (Wildman–Crippen MR) is 166 cm³/mol. The van der Waals surface area contributed by atoms with Crippen molar-refractivity contribution in [2.45, 2.75) is 33.0 Å². The lowest BCUT2D eigenvalue weighted by molar-refractivity contribution is -0.142. The van der Waals surface area contributed by atoms with Crippen molar-refractivity contribution >= 4 is 39.9 Å². The zero-order valence-corrected chi connectivity index (χ0v) is 26.4. The van der Waals surface area contributed by atoms with Gasteiger partial charge >= 0.3 is 6.18 Å². The number of carbonyl (C=O) groups is 1. The van der Waals surface area contributed by atoms with Crippen molar-refractivity contribution in [1.29, 1.82) is 5.26 Å². The number of nitriles is 1. The van der Waals surface area contributed by atoms with E-state index in [1.807, 2.05) is 6.07 Å². The Kier molecular flexibility index (Phi) is 9.09. The molecule has 1 fully saturated rings. The van der Waals surface area contributed by atoms with Crippen LogP contribution in [0.25, 0.3) is 22.3 Å². The van der Waals surface area contributed by atoms with Gasteiger partial charge in [0.1, 0.15) is 22.8 Å². The molecule has 0 aliphatic carbocycles. The number of aromatic nitrogens is 2. The van der Waals surface area contributed by atoms with E-state index in [0.717, 1.165) is 16.7 Å². The van der Waals surface area contributed by atoms with E-state index in [4.69, 9.17) is 11.6 Å². The first kappa shape index (κ1) is 34.5. The van der Waals surface area contributed by atoms with Gasteiger partial charge in [0.15, 0.2) is 17.4 Å². The van der Waals surface area contributed by atoms with Gasteiger partial charge in [-0.1, -0.05) is 45.0 Å². The molecule has 0 radical (unpaired) electrons. The zero-order chi connectivity index (χ0) is 35.4. The van der Waals surface area contributed by atoms with Gasteiger partial charge in [0.05, 0.1) is 28.0 Å². The summed E-state index contributed by atoms with van der Waals surface area (Å²) in [6.45, 7) is 9.42. The van der Waals surface area contributed by atoms with Crippen molar-refractivity contribution in [3.05, 3.63) is 75.0 Å². The molecule has 1 amide bonds. The molecule has 2 aromatic heterocycles. The Morgan fingerprint density at radius 2 is 1.81 bits per heavy atom. The minimum atomic E-state index is -5.72. The average Bonchev–Trinajstić information content (AvgIpc) is 3.03. The summed E-state index contributed by atoms with van der Waals surface area (Å²) in [6, 6.07) is 2.14. The Balaban J connectivity index is 1.90. The van der Waals surface area contributed by atoms with Gasteiger partial charge in [-0.05, 0) is 18.1 Å². The highest BCUT2D eigenvalue weighted by atomic mass is 35.5. The van der Waals surface area contributed by atoms with Crippen LogP contribution in [-0.2, 0) is 11.0 Å².